The van der Waals surface area contributed by atoms with Crippen LogP contribution in [0.1, 0.15) is 23.0 Å². The lowest BCUT2D eigenvalue weighted by Gasteiger charge is -2.14. The summed E-state index contributed by atoms with van der Waals surface area (Å²) in [6, 6.07) is 5.76. The van der Waals surface area contributed by atoms with Gasteiger partial charge >= 0.3 is 0 Å². The number of carbonyl (C=O) groups is 1. The Morgan fingerprint density at radius 3 is 2.22 bits per heavy atom. The third-order valence-electron chi connectivity index (χ3n) is 3.59. The maximum Gasteiger partial charge on any atom is 0.289 e. The normalized spacial score (nSPS) is 10.9. The Kier molecular flexibility index (Phi) is 6.26. The molecule has 0 spiro atoms. The van der Waals surface area contributed by atoms with Crippen LogP contribution in [0, 0.1) is 10.1 Å². The Labute approximate surface area is 154 Å². The zero-order valence-corrected chi connectivity index (χ0v) is 15.2. The van der Waals surface area contributed by atoms with Gasteiger partial charge in [-0.25, -0.2) is 10.4 Å². The van der Waals surface area contributed by atoms with E-state index in [2.05, 4.69) is 15.5 Å². The molecule has 0 radical (unpaired) electrons. The monoisotopic (exact) mass is 374 g/mol. The molecular formula is C17H18N4O6. The number of aromatic nitrogens is 1. The number of amides is 1. The smallest absolute Gasteiger partial charge is 0.289 e. The van der Waals surface area contributed by atoms with E-state index < -0.39 is 10.8 Å². The van der Waals surface area contributed by atoms with E-state index in [9.17, 15) is 14.9 Å². The largest absolute Gasteiger partial charge is 0.496 e. The number of pyridine rings is 1. The number of benzene rings is 1. The van der Waals surface area contributed by atoms with Crippen molar-refractivity contribution in [2.75, 3.05) is 21.3 Å². The fourth-order valence-electron chi connectivity index (χ4n) is 2.24. The summed E-state index contributed by atoms with van der Waals surface area (Å²) in [5, 5.41) is 14.7. The molecule has 1 aromatic carbocycles. The Balaban J connectivity index is 2.26. The van der Waals surface area contributed by atoms with E-state index in [1.165, 1.54) is 33.5 Å². The number of methoxy groups -OCH3 is 3. The zero-order valence-electron chi connectivity index (χ0n) is 15.2. The van der Waals surface area contributed by atoms with Crippen molar-refractivity contribution in [3.63, 3.8) is 0 Å². The molecule has 1 amide bonds. The molecule has 0 saturated heterocycles. The summed E-state index contributed by atoms with van der Waals surface area (Å²) in [4.78, 5) is 25.9. The maximum absolute atomic E-state index is 12.1. The molecule has 0 bridgehead atoms. The van der Waals surface area contributed by atoms with Crippen molar-refractivity contribution in [3.8, 4) is 17.2 Å². The average molecular weight is 374 g/mol. The van der Waals surface area contributed by atoms with Gasteiger partial charge in [-0.3, -0.25) is 14.9 Å². The molecule has 1 N–H and O–H groups in total. The SMILES string of the molecule is COc1cc(OC)c(/C(C)=N/NC(=O)c2ccc([N+](=O)[O-])cn2)c(OC)c1. The second kappa shape index (κ2) is 8.61. The number of nitrogens with zero attached hydrogens (tertiary/aromatic N) is 3. The van der Waals surface area contributed by atoms with Crippen molar-refractivity contribution in [3.05, 3.63) is 51.8 Å². The van der Waals surface area contributed by atoms with Crippen molar-refractivity contribution >= 4 is 17.3 Å². The molecule has 0 fully saturated rings. The van der Waals surface area contributed by atoms with Crippen LogP contribution in [0.15, 0.2) is 35.6 Å². The number of hydrogen-bond acceptors (Lipinski definition) is 8. The average Bonchev–Trinajstić information content (AvgIpc) is 2.70. The molecule has 0 aliphatic carbocycles. The lowest BCUT2D eigenvalue weighted by Crippen LogP contribution is -2.20. The third kappa shape index (κ3) is 4.48. The van der Waals surface area contributed by atoms with Gasteiger partial charge in [-0.2, -0.15) is 5.10 Å². The molecule has 10 heteroatoms. The predicted molar refractivity (Wildman–Crippen MR) is 96.7 cm³/mol. The minimum Gasteiger partial charge on any atom is -0.496 e. The Hall–Kier alpha value is -3.69. The lowest BCUT2D eigenvalue weighted by molar-refractivity contribution is -0.385. The van der Waals surface area contributed by atoms with Gasteiger partial charge in [0.15, 0.2) is 0 Å². The standard InChI is InChI=1S/C17H18N4O6/c1-10(16-14(26-3)7-12(25-2)8-15(16)27-4)19-20-17(22)13-6-5-11(9-18-13)21(23)24/h5-9H,1-4H3,(H,20,22)/b19-10+. The summed E-state index contributed by atoms with van der Waals surface area (Å²) in [6.45, 7) is 1.66. The summed E-state index contributed by atoms with van der Waals surface area (Å²) in [5.41, 5.74) is 3.09. The Morgan fingerprint density at radius 1 is 1.15 bits per heavy atom. The topological polar surface area (TPSA) is 125 Å². The molecular weight excluding hydrogens is 356 g/mol. The Morgan fingerprint density at radius 2 is 1.78 bits per heavy atom. The van der Waals surface area contributed by atoms with Crippen LogP contribution in [0.2, 0.25) is 0 Å². The van der Waals surface area contributed by atoms with E-state index in [1.54, 1.807) is 19.1 Å². The van der Waals surface area contributed by atoms with Gasteiger partial charge in [0.2, 0.25) is 0 Å². The number of nitro groups is 1. The number of carbonyl (C=O) groups excluding carboxylic acids is 1. The molecule has 1 aromatic heterocycles. The first-order valence-electron chi connectivity index (χ1n) is 7.66. The van der Waals surface area contributed by atoms with Gasteiger partial charge in [0.1, 0.15) is 29.1 Å². The minimum absolute atomic E-state index is 0.00851. The van der Waals surface area contributed by atoms with Crippen LogP contribution in [0.4, 0.5) is 5.69 Å². The molecule has 0 atom stereocenters. The number of ether oxygens (including phenoxy) is 3. The number of hydrazone groups is 1. The van der Waals surface area contributed by atoms with Gasteiger partial charge in [0, 0.05) is 18.2 Å². The van der Waals surface area contributed by atoms with E-state index in [-0.39, 0.29) is 11.4 Å². The van der Waals surface area contributed by atoms with Crippen LogP contribution in [0.3, 0.4) is 0 Å². The molecule has 10 nitrogen and oxygen atoms in total. The fraction of sp³-hybridized carbons (Fsp3) is 0.235. The maximum atomic E-state index is 12.1. The van der Waals surface area contributed by atoms with Crippen LogP contribution in [-0.4, -0.2) is 42.9 Å². The van der Waals surface area contributed by atoms with E-state index in [0.29, 0.717) is 28.5 Å². The highest BCUT2D eigenvalue weighted by Gasteiger charge is 2.17. The predicted octanol–water partition coefficient (Wildman–Crippen LogP) is 2.17. The summed E-state index contributed by atoms with van der Waals surface area (Å²) in [7, 11) is 4.50. The Bertz CT molecular complexity index is 854. The molecule has 2 rings (SSSR count). The van der Waals surface area contributed by atoms with Gasteiger partial charge in [0.05, 0.1) is 37.5 Å². The molecule has 0 saturated carbocycles. The van der Waals surface area contributed by atoms with E-state index in [1.807, 2.05) is 0 Å². The zero-order chi connectivity index (χ0) is 20.0. The molecule has 2 aromatic rings. The van der Waals surface area contributed by atoms with Crippen LogP contribution in [0.25, 0.3) is 0 Å². The molecule has 1 heterocycles. The van der Waals surface area contributed by atoms with Crippen LogP contribution in [0.5, 0.6) is 17.2 Å². The highest BCUT2D eigenvalue weighted by atomic mass is 16.6. The number of hydrogen-bond donors (Lipinski definition) is 1. The van der Waals surface area contributed by atoms with Gasteiger partial charge in [0.25, 0.3) is 11.6 Å². The second-order valence-electron chi connectivity index (χ2n) is 5.20. The lowest BCUT2D eigenvalue weighted by atomic mass is 10.1. The number of nitrogens with one attached hydrogen (secondary N) is 1. The highest BCUT2D eigenvalue weighted by Crippen LogP contribution is 2.34. The van der Waals surface area contributed by atoms with E-state index in [0.717, 1.165) is 6.20 Å². The summed E-state index contributed by atoms with van der Waals surface area (Å²) in [5.74, 6) is 0.834. The van der Waals surface area contributed by atoms with Crippen molar-refractivity contribution in [1.29, 1.82) is 0 Å². The summed E-state index contributed by atoms with van der Waals surface area (Å²) < 4.78 is 15.9. The van der Waals surface area contributed by atoms with Crippen molar-refractivity contribution < 1.29 is 23.9 Å². The van der Waals surface area contributed by atoms with Crippen LogP contribution < -0.4 is 19.6 Å². The number of rotatable bonds is 7. The molecule has 0 unspecified atom stereocenters. The van der Waals surface area contributed by atoms with Crippen LogP contribution in [-0.2, 0) is 0 Å². The summed E-state index contributed by atoms with van der Waals surface area (Å²) in [6.07, 6.45) is 1.00. The van der Waals surface area contributed by atoms with Crippen molar-refractivity contribution in [1.82, 2.24) is 10.4 Å². The van der Waals surface area contributed by atoms with Gasteiger partial charge < -0.3 is 14.2 Å². The molecule has 0 aliphatic rings. The van der Waals surface area contributed by atoms with Gasteiger partial charge in [-0.15, -0.1) is 0 Å². The van der Waals surface area contributed by atoms with Crippen LogP contribution >= 0.6 is 0 Å². The first kappa shape index (κ1) is 19.6. The summed E-state index contributed by atoms with van der Waals surface area (Å²) >= 11 is 0. The first-order valence-corrected chi connectivity index (χ1v) is 7.66. The van der Waals surface area contributed by atoms with Crippen molar-refractivity contribution in [2.45, 2.75) is 6.92 Å². The quantitative estimate of drug-likeness (QED) is 0.447. The fourth-order valence-corrected chi connectivity index (χ4v) is 2.24. The third-order valence-corrected chi connectivity index (χ3v) is 3.59. The molecule has 27 heavy (non-hydrogen) atoms. The van der Waals surface area contributed by atoms with Gasteiger partial charge in [-0.1, -0.05) is 0 Å². The van der Waals surface area contributed by atoms with Crippen molar-refractivity contribution in [2.24, 2.45) is 5.10 Å². The minimum atomic E-state index is -0.615. The highest BCUT2D eigenvalue weighted by molar-refractivity contribution is 6.04. The molecule has 142 valence electrons. The molecule has 0 aliphatic heterocycles. The second-order valence-corrected chi connectivity index (χ2v) is 5.20. The van der Waals surface area contributed by atoms with E-state index in [4.69, 9.17) is 14.2 Å². The van der Waals surface area contributed by atoms with E-state index >= 15 is 0 Å². The van der Waals surface area contributed by atoms with Gasteiger partial charge in [-0.05, 0) is 13.0 Å². The first-order chi connectivity index (χ1) is 12.9.